The van der Waals surface area contributed by atoms with Crippen molar-refractivity contribution in [3.8, 4) is 0 Å². The molecule has 0 aromatic carbocycles. The summed E-state index contributed by atoms with van der Waals surface area (Å²) in [6.07, 6.45) is 1.60. The zero-order chi connectivity index (χ0) is 15.5. The van der Waals surface area contributed by atoms with Gasteiger partial charge >= 0.3 is 6.09 Å². The lowest BCUT2D eigenvalue weighted by molar-refractivity contribution is -0.110. The van der Waals surface area contributed by atoms with Gasteiger partial charge in [0.1, 0.15) is 17.8 Å². The van der Waals surface area contributed by atoms with E-state index in [0.717, 1.165) is 17.7 Å². The van der Waals surface area contributed by atoms with Crippen LogP contribution in [0.5, 0.6) is 0 Å². The van der Waals surface area contributed by atoms with Gasteiger partial charge in [0.05, 0.1) is 6.54 Å². The van der Waals surface area contributed by atoms with E-state index in [9.17, 15) is 14.7 Å². The molecule has 0 saturated carbocycles. The third-order valence-electron chi connectivity index (χ3n) is 3.90. The Labute approximate surface area is 123 Å². The first-order valence-electron chi connectivity index (χ1n) is 6.83. The Morgan fingerprint density at radius 2 is 2.29 bits per heavy atom. The number of nitrogens with zero attached hydrogens (tertiary/aromatic N) is 3. The Morgan fingerprint density at radius 1 is 1.52 bits per heavy atom. The molecular weight excluding hydrogens is 272 g/mol. The molecule has 1 aromatic heterocycles. The Kier molecular flexibility index (Phi) is 4.42. The summed E-state index contributed by atoms with van der Waals surface area (Å²) < 4.78 is 0. The molecule has 1 amide bonds. The summed E-state index contributed by atoms with van der Waals surface area (Å²) in [5, 5.41) is 12.4. The zero-order valence-corrected chi connectivity index (χ0v) is 12.2. The van der Waals surface area contributed by atoms with E-state index < -0.39 is 11.8 Å². The van der Waals surface area contributed by atoms with Gasteiger partial charge in [-0.05, 0) is 25.6 Å². The number of anilines is 1. The van der Waals surface area contributed by atoms with E-state index >= 15 is 0 Å². The second kappa shape index (κ2) is 6.09. The number of rotatable bonds is 4. The van der Waals surface area contributed by atoms with Crippen LogP contribution in [0.3, 0.4) is 0 Å². The van der Waals surface area contributed by atoms with Crippen LogP contribution in [0.2, 0.25) is 0 Å². The number of piperazine rings is 1. The third-order valence-corrected chi connectivity index (χ3v) is 3.90. The SMILES string of the molecule is CNC1(CC=O)CN(c2ccc(C)cn2)CCN1C(=O)O. The topological polar surface area (TPSA) is 85.8 Å². The summed E-state index contributed by atoms with van der Waals surface area (Å²) in [7, 11) is 1.67. The van der Waals surface area contributed by atoms with E-state index in [1.165, 1.54) is 4.90 Å². The molecule has 7 heteroatoms. The van der Waals surface area contributed by atoms with Crippen molar-refractivity contribution in [1.29, 1.82) is 0 Å². The molecule has 0 radical (unpaired) electrons. The molecule has 0 spiro atoms. The highest BCUT2D eigenvalue weighted by Crippen LogP contribution is 2.25. The number of aryl methyl sites for hydroxylation is 1. The number of carbonyl (C=O) groups is 2. The van der Waals surface area contributed by atoms with Gasteiger partial charge in [-0.1, -0.05) is 6.07 Å². The first-order chi connectivity index (χ1) is 10.0. The molecule has 1 saturated heterocycles. The van der Waals surface area contributed by atoms with Crippen molar-refractivity contribution in [2.45, 2.75) is 19.0 Å². The Bertz CT molecular complexity index is 519. The van der Waals surface area contributed by atoms with Gasteiger partial charge in [0.15, 0.2) is 0 Å². The number of likely N-dealkylation sites (N-methyl/N-ethyl adjacent to an activating group) is 1. The number of amides is 1. The molecule has 21 heavy (non-hydrogen) atoms. The molecule has 2 rings (SSSR count). The monoisotopic (exact) mass is 292 g/mol. The number of carboxylic acid groups (broad SMARTS) is 1. The highest BCUT2D eigenvalue weighted by Gasteiger charge is 2.43. The average molecular weight is 292 g/mol. The normalized spacial score (nSPS) is 22.2. The van der Waals surface area contributed by atoms with Crippen molar-refractivity contribution < 1.29 is 14.7 Å². The number of pyridine rings is 1. The molecule has 1 aliphatic rings. The van der Waals surface area contributed by atoms with Crippen molar-refractivity contribution in [2.75, 3.05) is 31.6 Å². The van der Waals surface area contributed by atoms with Crippen molar-refractivity contribution in [3.05, 3.63) is 23.9 Å². The van der Waals surface area contributed by atoms with Gasteiger partial charge in [0.2, 0.25) is 0 Å². The highest BCUT2D eigenvalue weighted by atomic mass is 16.4. The number of nitrogens with one attached hydrogen (secondary N) is 1. The molecule has 1 fully saturated rings. The second-order valence-corrected chi connectivity index (χ2v) is 5.20. The lowest BCUT2D eigenvalue weighted by atomic mass is 10.0. The summed E-state index contributed by atoms with van der Waals surface area (Å²) >= 11 is 0. The van der Waals surface area contributed by atoms with E-state index in [1.807, 2.05) is 24.0 Å². The molecule has 0 bridgehead atoms. The predicted molar refractivity (Wildman–Crippen MR) is 78.4 cm³/mol. The van der Waals surface area contributed by atoms with Gasteiger partial charge in [-0.25, -0.2) is 9.78 Å². The van der Waals surface area contributed by atoms with E-state index in [2.05, 4.69) is 10.3 Å². The molecule has 2 N–H and O–H groups in total. The van der Waals surface area contributed by atoms with Gasteiger partial charge < -0.3 is 14.8 Å². The molecule has 1 aliphatic heterocycles. The minimum Gasteiger partial charge on any atom is -0.465 e. The van der Waals surface area contributed by atoms with Gasteiger partial charge in [-0.2, -0.15) is 0 Å². The predicted octanol–water partition coefficient (Wildman–Crippen LogP) is 0.695. The summed E-state index contributed by atoms with van der Waals surface area (Å²) in [5.74, 6) is 0.788. The number of carbonyl (C=O) groups excluding carboxylic acids is 1. The summed E-state index contributed by atoms with van der Waals surface area (Å²) in [5.41, 5.74) is 0.147. The van der Waals surface area contributed by atoms with E-state index in [1.54, 1.807) is 13.2 Å². The molecule has 7 nitrogen and oxygen atoms in total. The fraction of sp³-hybridized carbons (Fsp3) is 0.500. The average Bonchev–Trinajstić information content (AvgIpc) is 2.48. The number of aldehydes is 1. The smallest absolute Gasteiger partial charge is 0.408 e. The first kappa shape index (κ1) is 15.2. The molecular formula is C14H20N4O3. The van der Waals surface area contributed by atoms with Crippen molar-refractivity contribution in [1.82, 2.24) is 15.2 Å². The van der Waals surface area contributed by atoms with Gasteiger partial charge in [-0.15, -0.1) is 0 Å². The fourth-order valence-corrected chi connectivity index (χ4v) is 2.66. The molecule has 1 unspecified atom stereocenters. The maximum absolute atomic E-state index is 11.4. The Hall–Kier alpha value is -2.15. The minimum atomic E-state index is -1.03. The molecule has 2 heterocycles. The van der Waals surface area contributed by atoms with Crippen LogP contribution in [0.4, 0.5) is 10.6 Å². The van der Waals surface area contributed by atoms with Gasteiger partial charge in [0, 0.05) is 25.7 Å². The molecule has 1 atom stereocenters. The van der Waals surface area contributed by atoms with Crippen molar-refractivity contribution in [3.63, 3.8) is 0 Å². The zero-order valence-electron chi connectivity index (χ0n) is 12.2. The highest BCUT2D eigenvalue weighted by molar-refractivity contribution is 5.68. The van der Waals surface area contributed by atoms with Crippen LogP contribution in [0.25, 0.3) is 0 Å². The van der Waals surface area contributed by atoms with Crippen LogP contribution in [0.1, 0.15) is 12.0 Å². The van der Waals surface area contributed by atoms with Crippen LogP contribution in [0, 0.1) is 6.92 Å². The number of hydrogen-bond acceptors (Lipinski definition) is 5. The lowest BCUT2D eigenvalue weighted by Gasteiger charge is -2.49. The minimum absolute atomic E-state index is 0.0954. The molecule has 1 aromatic rings. The summed E-state index contributed by atoms with van der Waals surface area (Å²) in [4.78, 5) is 30.1. The van der Waals surface area contributed by atoms with Gasteiger partial charge in [-0.3, -0.25) is 10.2 Å². The summed E-state index contributed by atoms with van der Waals surface area (Å²) in [6.45, 7) is 3.21. The van der Waals surface area contributed by atoms with E-state index in [-0.39, 0.29) is 6.42 Å². The number of aromatic nitrogens is 1. The van der Waals surface area contributed by atoms with E-state index in [0.29, 0.717) is 19.6 Å². The summed E-state index contributed by atoms with van der Waals surface area (Å²) in [6, 6.07) is 3.87. The van der Waals surface area contributed by atoms with Crippen molar-refractivity contribution in [2.24, 2.45) is 0 Å². The maximum atomic E-state index is 11.4. The molecule has 114 valence electrons. The van der Waals surface area contributed by atoms with Crippen LogP contribution in [-0.2, 0) is 4.79 Å². The van der Waals surface area contributed by atoms with Crippen LogP contribution < -0.4 is 10.2 Å². The largest absolute Gasteiger partial charge is 0.465 e. The fourth-order valence-electron chi connectivity index (χ4n) is 2.66. The standard InChI is InChI=1S/C14H20N4O3/c1-11-3-4-12(16-9-11)17-6-7-18(13(20)21)14(10-17,15-2)5-8-19/h3-4,8-9,15H,5-7,10H2,1-2H3,(H,20,21). The first-order valence-corrected chi connectivity index (χ1v) is 6.83. The maximum Gasteiger partial charge on any atom is 0.408 e. The number of hydrogen-bond donors (Lipinski definition) is 2. The van der Waals surface area contributed by atoms with Gasteiger partial charge in [0.25, 0.3) is 0 Å². The van der Waals surface area contributed by atoms with Crippen LogP contribution >= 0.6 is 0 Å². The molecule has 0 aliphatic carbocycles. The second-order valence-electron chi connectivity index (χ2n) is 5.20. The van der Waals surface area contributed by atoms with Crippen molar-refractivity contribution >= 4 is 18.2 Å². The van der Waals surface area contributed by atoms with Crippen LogP contribution in [0.15, 0.2) is 18.3 Å². The van der Waals surface area contributed by atoms with Crippen LogP contribution in [-0.4, -0.2) is 59.7 Å². The quantitative estimate of drug-likeness (QED) is 0.794. The Balaban J connectivity index is 2.28. The third kappa shape index (κ3) is 2.97. The lowest BCUT2D eigenvalue weighted by Crippen LogP contribution is -2.70. The Morgan fingerprint density at radius 3 is 2.81 bits per heavy atom. The van der Waals surface area contributed by atoms with E-state index in [4.69, 9.17) is 0 Å².